The molecule has 3 heterocycles. The van der Waals surface area contributed by atoms with Crippen LogP contribution in [-0.4, -0.2) is 41.9 Å². The Morgan fingerprint density at radius 3 is 2.97 bits per heavy atom. The predicted octanol–water partition coefficient (Wildman–Crippen LogP) is 3.74. The number of hydrogen-bond acceptors (Lipinski definition) is 5. The van der Waals surface area contributed by atoms with E-state index in [2.05, 4.69) is 58.6 Å². The highest BCUT2D eigenvalue weighted by Gasteiger charge is 2.30. The Kier molecular flexibility index (Phi) is 6.96. The summed E-state index contributed by atoms with van der Waals surface area (Å²) in [7, 11) is 1.68. The third kappa shape index (κ3) is 4.89. The number of ether oxygens (including phenoxy) is 1. The number of aryl methyl sites for hydroxylation is 1. The molecule has 0 spiro atoms. The minimum Gasteiger partial charge on any atom is -0.385 e. The van der Waals surface area contributed by atoms with Crippen molar-refractivity contribution < 1.29 is 14.1 Å². The lowest BCUT2D eigenvalue weighted by Gasteiger charge is -2.25. The Bertz CT molecular complexity index is 1070. The fourth-order valence-electron chi connectivity index (χ4n) is 4.71. The van der Waals surface area contributed by atoms with Gasteiger partial charge in [0.1, 0.15) is 11.5 Å². The Labute approximate surface area is 189 Å². The van der Waals surface area contributed by atoms with E-state index >= 15 is 0 Å². The molecule has 0 aliphatic carbocycles. The summed E-state index contributed by atoms with van der Waals surface area (Å²) in [5, 5.41) is 12.2. The van der Waals surface area contributed by atoms with E-state index in [0.29, 0.717) is 32.0 Å². The lowest BCUT2D eigenvalue weighted by atomic mass is 9.94. The first kappa shape index (κ1) is 22.6. The van der Waals surface area contributed by atoms with Crippen molar-refractivity contribution in [2.24, 2.45) is 5.92 Å². The molecule has 0 radical (unpaired) electrons. The molecule has 4 rings (SSSR count). The van der Waals surface area contributed by atoms with Gasteiger partial charge in [-0.05, 0) is 49.3 Å². The van der Waals surface area contributed by atoms with Crippen LogP contribution in [0.3, 0.4) is 0 Å². The summed E-state index contributed by atoms with van der Waals surface area (Å²) in [5.74, 6) is 1.37. The Morgan fingerprint density at radius 1 is 1.41 bits per heavy atom. The Balaban J connectivity index is 1.67. The number of methoxy groups -OCH3 is 1. The fourth-order valence-corrected chi connectivity index (χ4v) is 4.71. The molecule has 1 aromatic carbocycles. The van der Waals surface area contributed by atoms with E-state index < -0.39 is 0 Å². The van der Waals surface area contributed by atoms with Gasteiger partial charge in [-0.1, -0.05) is 31.1 Å². The quantitative estimate of drug-likeness (QED) is 0.498. The smallest absolute Gasteiger partial charge is 0.237 e. The third-order valence-corrected chi connectivity index (χ3v) is 6.08. The van der Waals surface area contributed by atoms with Gasteiger partial charge in [0.25, 0.3) is 0 Å². The molecule has 7 heteroatoms. The van der Waals surface area contributed by atoms with Crippen LogP contribution in [0.25, 0.3) is 10.9 Å². The van der Waals surface area contributed by atoms with Gasteiger partial charge in [-0.25, -0.2) is 0 Å². The van der Waals surface area contributed by atoms with E-state index in [-0.39, 0.29) is 18.0 Å². The van der Waals surface area contributed by atoms with Crippen molar-refractivity contribution in [1.82, 2.24) is 20.4 Å². The summed E-state index contributed by atoms with van der Waals surface area (Å²) in [6.07, 6.45) is 4.62. The van der Waals surface area contributed by atoms with Crippen LogP contribution in [0.5, 0.6) is 0 Å². The minimum absolute atomic E-state index is 0.0516. The van der Waals surface area contributed by atoms with Crippen molar-refractivity contribution in [3.63, 3.8) is 0 Å². The molecule has 0 bridgehead atoms. The third-order valence-electron chi connectivity index (χ3n) is 6.08. The molecular weight excluding hydrogens is 404 g/mol. The van der Waals surface area contributed by atoms with E-state index in [4.69, 9.17) is 9.26 Å². The molecule has 0 fully saturated rings. The van der Waals surface area contributed by atoms with Gasteiger partial charge < -0.3 is 19.1 Å². The molecule has 0 saturated carbocycles. The number of aromatic nitrogens is 2. The zero-order valence-corrected chi connectivity index (χ0v) is 19.5. The molecule has 0 saturated heterocycles. The summed E-state index contributed by atoms with van der Waals surface area (Å²) < 4.78 is 12.6. The number of nitrogens with one attached hydrogen (secondary N) is 2. The maximum absolute atomic E-state index is 13.1. The summed E-state index contributed by atoms with van der Waals surface area (Å²) in [6.45, 7) is 8.27. The van der Waals surface area contributed by atoms with Crippen molar-refractivity contribution >= 4 is 16.8 Å². The lowest BCUT2D eigenvalue weighted by molar-refractivity contribution is -0.123. The molecule has 172 valence electrons. The van der Waals surface area contributed by atoms with Crippen LogP contribution in [-0.2, 0) is 22.5 Å². The maximum Gasteiger partial charge on any atom is 0.237 e. The summed E-state index contributed by atoms with van der Waals surface area (Å²) >= 11 is 0. The van der Waals surface area contributed by atoms with Crippen LogP contribution < -0.4 is 10.6 Å². The van der Waals surface area contributed by atoms with Crippen LogP contribution in [0.15, 0.2) is 35.0 Å². The molecule has 2 N–H and O–H groups in total. The zero-order valence-electron chi connectivity index (χ0n) is 19.5. The average Bonchev–Trinajstić information content (AvgIpc) is 3.28. The zero-order chi connectivity index (χ0) is 22.7. The van der Waals surface area contributed by atoms with Gasteiger partial charge in [-0.15, -0.1) is 0 Å². The second-order valence-electron chi connectivity index (χ2n) is 9.20. The van der Waals surface area contributed by atoms with Crippen LogP contribution in [0.4, 0.5) is 0 Å². The summed E-state index contributed by atoms with van der Waals surface area (Å²) in [5.41, 5.74) is 4.55. The summed E-state index contributed by atoms with van der Waals surface area (Å²) in [6, 6.07) is 8.30. The van der Waals surface area contributed by atoms with Gasteiger partial charge in [-0.3, -0.25) is 10.1 Å². The number of carbonyl (C=O) groups is 1. The number of carbonyl (C=O) groups excluding carboxylic acids is 1. The minimum atomic E-state index is -0.276. The first-order chi connectivity index (χ1) is 15.5. The fraction of sp³-hybridized carbons (Fsp3) is 0.520. The van der Waals surface area contributed by atoms with Gasteiger partial charge >= 0.3 is 0 Å². The molecule has 1 aliphatic heterocycles. The van der Waals surface area contributed by atoms with Crippen LogP contribution >= 0.6 is 0 Å². The molecule has 32 heavy (non-hydrogen) atoms. The van der Waals surface area contributed by atoms with Crippen LogP contribution in [0.2, 0.25) is 0 Å². The molecular formula is C25H34N4O3. The van der Waals surface area contributed by atoms with Gasteiger partial charge in [0.2, 0.25) is 5.91 Å². The summed E-state index contributed by atoms with van der Waals surface area (Å²) in [4.78, 5) is 13.1. The first-order valence-electron chi connectivity index (χ1n) is 11.5. The van der Waals surface area contributed by atoms with Crippen molar-refractivity contribution in [3.8, 4) is 0 Å². The molecule has 1 amide bonds. The van der Waals surface area contributed by atoms with Crippen molar-refractivity contribution in [2.75, 3.05) is 20.3 Å². The van der Waals surface area contributed by atoms with Gasteiger partial charge in [0.05, 0.1) is 12.6 Å². The molecule has 2 aromatic heterocycles. The van der Waals surface area contributed by atoms with E-state index in [1.807, 2.05) is 13.0 Å². The predicted molar refractivity (Wildman–Crippen MR) is 125 cm³/mol. The standard InChI is InChI=1S/C25H34N4O3/c1-16(2)11-21-20-7-5-8-23-24(20)18(14-29(23)15-19-12-17(3)32-28-19)13-22(27-21)25(30)26-9-6-10-31-4/h5,7-8,12,14,16,21-22,27H,6,9-11,13,15H2,1-4H3,(H,26,30). The van der Waals surface area contributed by atoms with Crippen LogP contribution in [0, 0.1) is 12.8 Å². The molecule has 2 atom stereocenters. The first-order valence-corrected chi connectivity index (χ1v) is 11.5. The van der Waals surface area contributed by atoms with Gasteiger partial charge in [0.15, 0.2) is 0 Å². The van der Waals surface area contributed by atoms with Gasteiger partial charge in [-0.2, -0.15) is 0 Å². The molecule has 2 unspecified atom stereocenters. The average molecular weight is 439 g/mol. The van der Waals surface area contributed by atoms with E-state index in [0.717, 1.165) is 24.3 Å². The van der Waals surface area contributed by atoms with Crippen molar-refractivity contribution in [1.29, 1.82) is 0 Å². The topological polar surface area (TPSA) is 81.3 Å². The molecule has 7 nitrogen and oxygen atoms in total. The maximum atomic E-state index is 13.1. The normalized spacial score (nSPS) is 18.3. The SMILES string of the molecule is COCCCNC(=O)C1Cc2cn(Cc3cc(C)on3)c3cccc(c23)C(CC(C)C)N1. The number of amides is 1. The number of rotatable bonds is 9. The second-order valence-corrected chi connectivity index (χ2v) is 9.20. The highest BCUT2D eigenvalue weighted by atomic mass is 16.5. The Hall–Kier alpha value is -2.64. The highest BCUT2D eigenvalue weighted by molar-refractivity contribution is 5.90. The van der Waals surface area contributed by atoms with Crippen molar-refractivity contribution in [2.45, 2.75) is 58.7 Å². The van der Waals surface area contributed by atoms with E-state index in [1.54, 1.807) is 7.11 Å². The van der Waals surface area contributed by atoms with E-state index in [9.17, 15) is 4.79 Å². The molecule has 3 aromatic rings. The number of hydrogen-bond donors (Lipinski definition) is 2. The van der Waals surface area contributed by atoms with E-state index in [1.165, 1.54) is 22.0 Å². The number of nitrogens with zero attached hydrogens (tertiary/aromatic N) is 2. The monoisotopic (exact) mass is 438 g/mol. The van der Waals surface area contributed by atoms with Crippen molar-refractivity contribution in [3.05, 3.63) is 53.0 Å². The largest absolute Gasteiger partial charge is 0.385 e. The van der Waals surface area contributed by atoms with Gasteiger partial charge in [0, 0.05) is 49.5 Å². The Morgan fingerprint density at radius 2 is 2.25 bits per heavy atom. The highest BCUT2D eigenvalue weighted by Crippen LogP contribution is 2.36. The molecule has 1 aliphatic rings. The number of benzene rings is 1. The lowest BCUT2D eigenvalue weighted by Crippen LogP contribution is -2.46. The van der Waals surface area contributed by atoms with Crippen LogP contribution in [0.1, 0.15) is 55.3 Å². The second kappa shape index (κ2) is 9.88.